The van der Waals surface area contributed by atoms with E-state index in [1.54, 1.807) is 33.7 Å². The second-order valence-electron chi connectivity index (χ2n) is 11.0. The van der Waals surface area contributed by atoms with Crippen LogP contribution in [0.1, 0.15) is 20.3 Å². The van der Waals surface area contributed by atoms with Gasteiger partial charge in [-0.15, -0.1) is 18.3 Å². The van der Waals surface area contributed by atoms with Crippen molar-refractivity contribution in [1.82, 2.24) is 29.7 Å². The topological polar surface area (TPSA) is 121 Å². The maximum Gasteiger partial charge on any atom is 0.250 e. The van der Waals surface area contributed by atoms with Crippen LogP contribution in [-0.2, 0) is 25.8 Å². The molecule has 6 atom stereocenters. The number of likely N-dealkylation sites (N-methyl/N-ethyl adjacent to an activating group) is 1. The molecule has 1 spiro atoms. The average Bonchev–Trinajstić information content (AvgIpc) is 3.57. The summed E-state index contributed by atoms with van der Waals surface area (Å²) in [7, 11) is 1.68. The molecule has 1 aromatic heterocycles. The van der Waals surface area contributed by atoms with E-state index in [0.29, 0.717) is 18.5 Å². The van der Waals surface area contributed by atoms with Crippen LogP contribution in [0.2, 0.25) is 0 Å². The molecule has 0 aliphatic carbocycles. The molecule has 3 fully saturated rings. The van der Waals surface area contributed by atoms with Crippen LogP contribution >= 0.6 is 0 Å². The number of likely N-dealkylation sites (tertiary alicyclic amines) is 1. The van der Waals surface area contributed by atoms with Crippen LogP contribution in [-0.4, -0.2) is 103 Å². The predicted octanol–water partition coefficient (Wildman–Crippen LogP) is 1.05. The summed E-state index contributed by atoms with van der Waals surface area (Å²) in [6.07, 6.45) is 3.70. The van der Waals surface area contributed by atoms with Crippen molar-refractivity contribution in [3.05, 3.63) is 49.6 Å². The lowest BCUT2D eigenvalue weighted by molar-refractivity contribution is -0.155. The molecule has 1 aromatic carbocycles. The number of hydrogen-bond acceptors (Lipinski definition) is 7. The number of hydrogen-bond donors (Lipinski definition) is 1. The molecule has 5 rings (SSSR count). The van der Waals surface area contributed by atoms with E-state index in [4.69, 9.17) is 4.74 Å². The summed E-state index contributed by atoms with van der Waals surface area (Å²) in [5.74, 6) is -2.57. The van der Waals surface area contributed by atoms with Gasteiger partial charge in [-0.25, -0.2) is 4.68 Å². The number of amides is 3. The molecule has 2 aromatic rings. The number of β-amino-alcohol motifs (C(OH)–C–C–N with tert-alkyl or cyclic N) is 1. The lowest BCUT2D eigenvalue weighted by atomic mass is 9.62. The molecular formula is C28H36N6O5. The van der Waals surface area contributed by atoms with Crippen LogP contribution in [0.25, 0.3) is 11.0 Å². The zero-order valence-corrected chi connectivity index (χ0v) is 22.7. The highest BCUT2D eigenvalue weighted by Gasteiger charge is 2.80. The van der Waals surface area contributed by atoms with E-state index in [0.717, 1.165) is 5.52 Å². The van der Waals surface area contributed by atoms with Crippen LogP contribution in [0, 0.1) is 17.8 Å². The number of aromatic nitrogens is 3. The molecule has 3 amide bonds. The molecule has 4 heterocycles. The Bertz CT molecular complexity index is 1330. The van der Waals surface area contributed by atoms with E-state index in [-0.39, 0.29) is 50.0 Å². The molecule has 1 N–H and O–H groups in total. The molecule has 3 aliphatic rings. The number of carbonyl (C=O) groups excluding carboxylic acids is 3. The standard InChI is InChI=1S/C28H36N6O5/c1-6-12-31(5)24(36)21-22-25(37)33(14-15-35)23(28(22)16-18(3)27(21,4)39-28)26(38)32(13-7-2)17-34-20-11-9-8-10-19(20)29-30-34/h6-11,18,21-23,35H,1-2,12-17H2,3-5H3/t18?,21-,22-,23?,27+,28?/m0/s1. The smallest absolute Gasteiger partial charge is 0.250 e. The first kappa shape index (κ1) is 27.0. The molecule has 3 unspecified atom stereocenters. The molecule has 208 valence electrons. The molecule has 11 heteroatoms. The van der Waals surface area contributed by atoms with Gasteiger partial charge in [0.1, 0.15) is 23.8 Å². The number of benzene rings is 1. The fraction of sp³-hybridized carbons (Fsp3) is 0.536. The van der Waals surface area contributed by atoms with Gasteiger partial charge in [-0.05, 0) is 31.4 Å². The second-order valence-corrected chi connectivity index (χ2v) is 11.0. The average molecular weight is 537 g/mol. The molecule has 0 saturated carbocycles. The van der Waals surface area contributed by atoms with Gasteiger partial charge >= 0.3 is 0 Å². The van der Waals surface area contributed by atoms with Crippen LogP contribution in [0.4, 0.5) is 0 Å². The van der Waals surface area contributed by atoms with Crippen LogP contribution in [0.3, 0.4) is 0 Å². The Labute approximate surface area is 227 Å². The van der Waals surface area contributed by atoms with E-state index in [9.17, 15) is 19.5 Å². The molecule has 3 aliphatic heterocycles. The monoisotopic (exact) mass is 536 g/mol. The van der Waals surface area contributed by atoms with Gasteiger partial charge in [-0.1, -0.05) is 36.4 Å². The summed E-state index contributed by atoms with van der Waals surface area (Å²) in [6.45, 7) is 11.7. The first-order valence-electron chi connectivity index (χ1n) is 13.3. The van der Waals surface area contributed by atoms with E-state index < -0.39 is 29.1 Å². The first-order chi connectivity index (χ1) is 18.6. The third kappa shape index (κ3) is 3.89. The highest BCUT2D eigenvalue weighted by Crippen LogP contribution is 2.65. The summed E-state index contributed by atoms with van der Waals surface area (Å²) < 4.78 is 8.37. The quantitative estimate of drug-likeness (QED) is 0.451. The minimum atomic E-state index is -1.20. The third-order valence-electron chi connectivity index (χ3n) is 8.82. The van der Waals surface area contributed by atoms with Gasteiger partial charge in [0.05, 0.1) is 29.6 Å². The second kappa shape index (κ2) is 9.87. The van der Waals surface area contributed by atoms with Crippen molar-refractivity contribution in [2.75, 3.05) is 33.3 Å². The van der Waals surface area contributed by atoms with E-state index >= 15 is 0 Å². The number of aliphatic hydroxyl groups excluding tert-OH is 1. The van der Waals surface area contributed by atoms with Gasteiger partial charge in [0.15, 0.2) is 0 Å². The highest BCUT2D eigenvalue weighted by molar-refractivity contribution is 5.99. The first-order valence-corrected chi connectivity index (χ1v) is 13.3. The number of nitrogens with zero attached hydrogens (tertiary/aromatic N) is 6. The van der Waals surface area contributed by atoms with Crippen molar-refractivity contribution >= 4 is 28.8 Å². The Kier molecular flexibility index (Phi) is 6.84. The van der Waals surface area contributed by atoms with Crippen molar-refractivity contribution in [3.8, 4) is 0 Å². The molecule has 0 radical (unpaired) electrons. The Morgan fingerprint density at radius 2 is 1.95 bits per heavy atom. The van der Waals surface area contributed by atoms with Gasteiger partial charge in [-0.3, -0.25) is 14.4 Å². The van der Waals surface area contributed by atoms with E-state index in [1.165, 1.54) is 4.90 Å². The van der Waals surface area contributed by atoms with Crippen molar-refractivity contribution in [2.45, 2.75) is 44.2 Å². The summed E-state index contributed by atoms with van der Waals surface area (Å²) in [5.41, 5.74) is -0.650. The minimum Gasteiger partial charge on any atom is -0.395 e. The Balaban J connectivity index is 1.56. The number of para-hydroxylation sites is 1. The number of aliphatic hydroxyl groups is 1. The van der Waals surface area contributed by atoms with Gasteiger partial charge in [0.25, 0.3) is 0 Å². The Morgan fingerprint density at radius 1 is 1.23 bits per heavy atom. The summed E-state index contributed by atoms with van der Waals surface area (Å²) in [6, 6.07) is 6.44. The van der Waals surface area contributed by atoms with Crippen molar-refractivity contribution in [2.24, 2.45) is 17.8 Å². The maximum absolute atomic E-state index is 14.4. The number of fused-ring (bicyclic) bond motifs is 2. The molecule has 39 heavy (non-hydrogen) atoms. The number of carbonyl (C=O) groups is 3. The van der Waals surface area contributed by atoms with Crippen molar-refractivity contribution in [3.63, 3.8) is 0 Å². The normalized spacial score (nSPS) is 31.0. The third-order valence-corrected chi connectivity index (χ3v) is 8.82. The van der Waals surface area contributed by atoms with Crippen molar-refractivity contribution in [1.29, 1.82) is 0 Å². The molecule has 3 saturated heterocycles. The largest absolute Gasteiger partial charge is 0.395 e. The zero-order chi connectivity index (χ0) is 28.1. The van der Waals surface area contributed by atoms with Gasteiger partial charge in [-0.2, -0.15) is 0 Å². The summed E-state index contributed by atoms with van der Waals surface area (Å²) in [5, 5.41) is 18.3. The highest BCUT2D eigenvalue weighted by atomic mass is 16.5. The van der Waals surface area contributed by atoms with Gasteiger partial charge in [0, 0.05) is 26.7 Å². The molecule has 11 nitrogen and oxygen atoms in total. The van der Waals surface area contributed by atoms with Crippen LogP contribution < -0.4 is 0 Å². The summed E-state index contributed by atoms with van der Waals surface area (Å²) >= 11 is 0. The minimum absolute atomic E-state index is 0.0421. The van der Waals surface area contributed by atoms with E-state index in [2.05, 4.69) is 23.5 Å². The fourth-order valence-corrected chi connectivity index (χ4v) is 6.99. The lowest BCUT2D eigenvalue weighted by Gasteiger charge is -2.38. The van der Waals surface area contributed by atoms with Crippen LogP contribution in [0.15, 0.2) is 49.6 Å². The van der Waals surface area contributed by atoms with Gasteiger partial charge in [0.2, 0.25) is 17.7 Å². The summed E-state index contributed by atoms with van der Waals surface area (Å²) in [4.78, 5) is 46.7. The maximum atomic E-state index is 14.4. The fourth-order valence-electron chi connectivity index (χ4n) is 6.99. The Morgan fingerprint density at radius 3 is 2.64 bits per heavy atom. The number of ether oxygens (including phenoxy) is 1. The molecular weight excluding hydrogens is 500 g/mol. The predicted molar refractivity (Wildman–Crippen MR) is 143 cm³/mol. The molecule has 2 bridgehead atoms. The van der Waals surface area contributed by atoms with E-state index in [1.807, 2.05) is 38.1 Å². The number of rotatable bonds is 10. The van der Waals surface area contributed by atoms with Gasteiger partial charge < -0.3 is 24.5 Å². The Hall–Kier alpha value is -3.57. The van der Waals surface area contributed by atoms with Crippen molar-refractivity contribution < 1.29 is 24.2 Å². The zero-order valence-electron chi connectivity index (χ0n) is 22.7. The van der Waals surface area contributed by atoms with Crippen LogP contribution in [0.5, 0.6) is 0 Å². The SMILES string of the molecule is C=CCN(C)C(=O)[C@@H]1[C@H]2C(=O)N(CCO)C(C(=O)N(CC=C)Cn3nnc4ccccc43)C23CC(C)[C@@]1(C)O3. The lowest BCUT2D eigenvalue weighted by Crippen LogP contribution is -2.57.